The maximum absolute atomic E-state index is 3.61. The molecule has 0 saturated heterocycles. The molecular weight excluding hydrogens is 212 g/mol. The lowest BCUT2D eigenvalue weighted by Gasteiger charge is -2.22. The van der Waals surface area contributed by atoms with E-state index < -0.39 is 0 Å². The summed E-state index contributed by atoms with van der Waals surface area (Å²) in [5.74, 6) is 0.756. The van der Waals surface area contributed by atoms with E-state index in [4.69, 9.17) is 0 Å². The van der Waals surface area contributed by atoms with E-state index in [0.29, 0.717) is 0 Å². The second-order valence-electron chi connectivity index (χ2n) is 3.60. The van der Waals surface area contributed by atoms with E-state index in [9.17, 15) is 0 Å². The Kier molecular flexibility index (Phi) is 2.22. The zero-order valence-electron chi connectivity index (χ0n) is 7.31. The van der Waals surface area contributed by atoms with Gasteiger partial charge in [0.1, 0.15) is 0 Å². The van der Waals surface area contributed by atoms with E-state index in [1.165, 1.54) is 29.3 Å². The Morgan fingerprint density at radius 3 is 3.00 bits per heavy atom. The number of halogens is 1. The maximum Gasteiger partial charge on any atom is 0.0210 e. The van der Waals surface area contributed by atoms with Gasteiger partial charge in [-0.05, 0) is 42.4 Å². The Balaban J connectivity index is 2.52. The van der Waals surface area contributed by atoms with Crippen LogP contribution in [-0.4, -0.2) is 0 Å². The third-order valence-electron chi connectivity index (χ3n) is 2.75. The molecule has 1 aromatic rings. The summed E-state index contributed by atoms with van der Waals surface area (Å²) in [4.78, 5) is 0. The molecule has 2 rings (SSSR count). The van der Waals surface area contributed by atoms with E-state index in [2.05, 4.69) is 41.1 Å². The molecule has 1 aliphatic carbocycles. The number of fused-ring (bicyclic) bond motifs is 1. The van der Waals surface area contributed by atoms with Crippen LogP contribution in [0.15, 0.2) is 22.7 Å². The lowest BCUT2D eigenvalue weighted by atomic mass is 9.84. The molecule has 0 spiro atoms. The summed E-state index contributed by atoms with van der Waals surface area (Å²) in [5, 5.41) is 0. The molecule has 0 radical (unpaired) electrons. The van der Waals surface area contributed by atoms with Crippen molar-refractivity contribution < 1.29 is 0 Å². The van der Waals surface area contributed by atoms with E-state index in [0.717, 1.165) is 5.92 Å². The summed E-state index contributed by atoms with van der Waals surface area (Å²) in [6.07, 6.45) is 3.95. The average molecular weight is 225 g/mol. The molecule has 1 heteroatoms. The predicted octanol–water partition coefficient (Wildman–Crippen LogP) is 3.89. The van der Waals surface area contributed by atoms with Gasteiger partial charge >= 0.3 is 0 Å². The van der Waals surface area contributed by atoms with Gasteiger partial charge < -0.3 is 0 Å². The SMILES string of the molecule is CC1CCCc2c(Br)cccc21. The van der Waals surface area contributed by atoms with Crippen molar-refractivity contribution in [2.24, 2.45) is 0 Å². The van der Waals surface area contributed by atoms with Crippen molar-refractivity contribution in [3.63, 3.8) is 0 Å². The minimum atomic E-state index is 0.756. The molecule has 1 unspecified atom stereocenters. The van der Waals surface area contributed by atoms with Gasteiger partial charge in [-0.3, -0.25) is 0 Å². The molecule has 0 bridgehead atoms. The molecule has 1 aromatic carbocycles. The van der Waals surface area contributed by atoms with Crippen LogP contribution in [0.3, 0.4) is 0 Å². The van der Waals surface area contributed by atoms with Gasteiger partial charge in [0.25, 0.3) is 0 Å². The third-order valence-corrected chi connectivity index (χ3v) is 3.49. The molecule has 0 saturated carbocycles. The number of rotatable bonds is 0. The summed E-state index contributed by atoms with van der Waals surface area (Å²) in [7, 11) is 0. The molecule has 0 fully saturated rings. The first-order valence-electron chi connectivity index (χ1n) is 4.56. The Morgan fingerprint density at radius 1 is 1.42 bits per heavy atom. The molecule has 0 aliphatic heterocycles. The fourth-order valence-electron chi connectivity index (χ4n) is 2.04. The summed E-state index contributed by atoms with van der Waals surface area (Å²) in [5.41, 5.74) is 3.09. The zero-order valence-corrected chi connectivity index (χ0v) is 8.89. The lowest BCUT2D eigenvalue weighted by Crippen LogP contribution is -2.07. The second kappa shape index (κ2) is 3.21. The van der Waals surface area contributed by atoms with Gasteiger partial charge in [0.2, 0.25) is 0 Å². The van der Waals surface area contributed by atoms with Crippen molar-refractivity contribution in [1.82, 2.24) is 0 Å². The van der Waals surface area contributed by atoms with Crippen molar-refractivity contribution in [1.29, 1.82) is 0 Å². The van der Waals surface area contributed by atoms with Crippen molar-refractivity contribution in [3.8, 4) is 0 Å². The topological polar surface area (TPSA) is 0 Å². The fourth-order valence-corrected chi connectivity index (χ4v) is 2.62. The second-order valence-corrected chi connectivity index (χ2v) is 4.46. The quantitative estimate of drug-likeness (QED) is 0.628. The van der Waals surface area contributed by atoms with E-state index in [1.807, 2.05) is 0 Å². The van der Waals surface area contributed by atoms with Crippen LogP contribution in [0.4, 0.5) is 0 Å². The molecule has 0 aromatic heterocycles. The minimum Gasteiger partial charge on any atom is -0.0608 e. The molecule has 0 amide bonds. The Labute approximate surface area is 82.1 Å². The van der Waals surface area contributed by atoms with Crippen LogP contribution in [-0.2, 0) is 6.42 Å². The number of benzene rings is 1. The fraction of sp³-hybridized carbons (Fsp3) is 0.455. The Hall–Kier alpha value is -0.300. The summed E-state index contributed by atoms with van der Waals surface area (Å²) < 4.78 is 1.30. The minimum absolute atomic E-state index is 0.756. The molecule has 1 aliphatic rings. The normalized spacial score (nSPS) is 22.0. The van der Waals surface area contributed by atoms with E-state index in [1.54, 1.807) is 5.56 Å². The summed E-state index contributed by atoms with van der Waals surface area (Å²) in [6.45, 7) is 2.32. The standard InChI is InChI=1S/C11H13Br/c1-8-4-2-6-10-9(8)5-3-7-11(10)12/h3,5,7-8H,2,4,6H2,1H3. The molecule has 64 valence electrons. The largest absolute Gasteiger partial charge is 0.0608 e. The smallest absolute Gasteiger partial charge is 0.0210 e. The molecule has 0 heterocycles. The van der Waals surface area contributed by atoms with Crippen LogP contribution in [0.1, 0.15) is 36.8 Å². The molecule has 1 atom stereocenters. The van der Waals surface area contributed by atoms with Crippen LogP contribution in [0, 0.1) is 0 Å². The van der Waals surface area contributed by atoms with Crippen LogP contribution < -0.4 is 0 Å². The van der Waals surface area contributed by atoms with E-state index >= 15 is 0 Å². The van der Waals surface area contributed by atoms with Gasteiger partial charge in [-0.15, -0.1) is 0 Å². The maximum atomic E-state index is 3.61. The number of hydrogen-bond donors (Lipinski definition) is 0. The Morgan fingerprint density at radius 2 is 2.25 bits per heavy atom. The molecule has 12 heavy (non-hydrogen) atoms. The van der Waals surface area contributed by atoms with Gasteiger partial charge in [-0.1, -0.05) is 35.0 Å². The highest BCUT2D eigenvalue weighted by atomic mass is 79.9. The summed E-state index contributed by atoms with van der Waals surface area (Å²) in [6, 6.07) is 6.56. The molecule has 0 nitrogen and oxygen atoms in total. The van der Waals surface area contributed by atoms with Crippen LogP contribution in [0.5, 0.6) is 0 Å². The highest BCUT2D eigenvalue weighted by molar-refractivity contribution is 9.10. The Bertz CT molecular complexity index is 291. The van der Waals surface area contributed by atoms with Crippen LogP contribution in [0.2, 0.25) is 0 Å². The van der Waals surface area contributed by atoms with E-state index in [-0.39, 0.29) is 0 Å². The third kappa shape index (κ3) is 1.31. The van der Waals surface area contributed by atoms with Crippen molar-refractivity contribution >= 4 is 15.9 Å². The van der Waals surface area contributed by atoms with Gasteiger partial charge in [0, 0.05) is 4.47 Å². The van der Waals surface area contributed by atoms with Crippen molar-refractivity contribution in [2.75, 3.05) is 0 Å². The lowest BCUT2D eigenvalue weighted by molar-refractivity contribution is 0.588. The van der Waals surface area contributed by atoms with Crippen LogP contribution in [0.25, 0.3) is 0 Å². The average Bonchev–Trinajstić information content (AvgIpc) is 2.07. The summed E-state index contributed by atoms with van der Waals surface area (Å²) >= 11 is 3.61. The number of hydrogen-bond acceptors (Lipinski definition) is 0. The molecule has 0 N–H and O–H groups in total. The first-order chi connectivity index (χ1) is 5.79. The first kappa shape index (κ1) is 8.31. The molecular formula is C11H13Br. The van der Waals surface area contributed by atoms with Gasteiger partial charge in [-0.2, -0.15) is 0 Å². The van der Waals surface area contributed by atoms with Crippen molar-refractivity contribution in [3.05, 3.63) is 33.8 Å². The van der Waals surface area contributed by atoms with Crippen molar-refractivity contribution in [2.45, 2.75) is 32.1 Å². The first-order valence-corrected chi connectivity index (χ1v) is 5.35. The van der Waals surface area contributed by atoms with Gasteiger partial charge in [0.05, 0.1) is 0 Å². The highest BCUT2D eigenvalue weighted by Gasteiger charge is 2.17. The highest BCUT2D eigenvalue weighted by Crippen LogP contribution is 2.34. The van der Waals surface area contributed by atoms with Crippen LogP contribution >= 0.6 is 15.9 Å². The monoisotopic (exact) mass is 224 g/mol. The van der Waals surface area contributed by atoms with Gasteiger partial charge in [0.15, 0.2) is 0 Å². The zero-order chi connectivity index (χ0) is 8.55. The predicted molar refractivity (Wildman–Crippen MR) is 55.5 cm³/mol. The van der Waals surface area contributed by atoms with Gasteiger partial charge in [-0.25, -0.2) is 0 Å².